The second-order valence-electron chi connectivity index (χ2n) is 8.23. The van der Waals surface area contributed by atoms with Gasteiger partial charge in [0, 0.05) is 25.2 Å². The zero-order chi connectivity index (χ0) is 19.3. The van der Waals surface area contributed by atoms with Crippen molar-refractivity contribution in [3.05, 3.63) is 29.3 Å². The van der Waals surface area contributed by atoms with Gasteiger partial charge < -0.3 is 10.4 Å². The summed E-state index contributed by atoms with van der Waals surface area (Å²) in [5.41, 5.74) is 2.41. The van der Waals surface area contributed by atoms with Crippen LogP contribution >= 0.6 is 0 Å². The Kier molecular flexibility index (Phi) is 6.53. The molecular weight excluding hydrogens is 340 g/mol. The number of nitrogens with zero attached hydrogens (tertiary/aromatic N) is 1. The van der Waals surface area contributed by atoms with Crippen molar-refractivity contribution in [3.8, 4) is 0 Å². The molecule has 1 aromatic carbocycles. The molecule has 0 atom stereocenters. The van der Waals surface area contributed by atoms with E-state index in [1.165, 1.54) is 24.0 Å². The number of rotatable bonds is 7. The van der Waals surface area contributed by atoms with Crippen molar-refractivity contribution < 1.29 is 14.7 Å². The van der Waals surface area contributed by atoms with Gasteiger partial charge in [-0.05, 0) is 43.0 Å². The van der Waals surface area contributed by atoms with Crippen LogP contribution in [0.2, 0.25) is 0 Å². The van der Waals surface area contributed by atoms with Crippen LogP contribution in [0.25, 0.3) is 0 Å². The number of aliphatic carboxylic acids is 1. The molecule has 0 unspecified atom stereocenters. The molecule has 0 bridgehead atoms. The Morgan fingerprint density at radius 1 is 1.15 bits per heavy atom. The molecule has 1 saturated carbocycles. The van der Waals surface area contributed by atoms with E-state index in [0.29, 0.717) is 12.8 Å². The number of hydrogen-bond donors (Lipinski definition) is 2. The van der Waals surface area contributed by atoms with Crippen molar-refractivity contribution in [3.63, 3.8) is 0 Å². The lowest BCUT2D eigenvalue weighted by Crippen LogP contribution is -2.35. The predicted octanol–water partition coefficient (Wildman–Crippen LogP) is 4.56. The SMILES string of the molecule is CCCCN1Cc2cccc(NC(=O)CC3(C(=O)O)CCCCCC3)c2C1. The monoisotopic (exact) mass is 372 g/mol. The topological polar surface area (TPSA) is 69.6 Å². The largest absolute Gasteiger partial charge is 0.481 e. The van der Waals surface area contributed by atoms with E-state index in [1.54, 1.807) is 0 Å². The Bertz CT molecular complexity index is 678. The number of carbonyl (C=O) groups is 2. The lowest BCUT2D eigenvalue weighted by atomic mass is 9.77. The average Bonchev–Trinajstić information content (AvgIpc) is 2.91. The molecule has 0 aromatic heterocycles. The fourth-order valence-electron chi connectivity index (χ4n) is 4.52. The van der Waals surface area contributed by atoms with E-state index >= 15 is 0 Å². The Morgan fingerprint density at radius 2 is 1.89 bits per heavy atom. The van der Waals surface area contributed by atoms with Gasteiger partial charge in [-0.1, -0.05) is 51.2 Å². The second-order valence-corrected chi connectivity index (χ2v) is 8.23. The normalized spacial score (nSPS) is 19.3. The molecule has 1 aromatic rings. The van der Waals surface area contributed by atoms with Gasteiger partial charge in [0.25, 0.3) is 0 Å². The van der Waals surface area contributed by atoms with Gasteiger partial charge in [0.2, 0.25) is 5.91 Å². The molecule has 1 fully saturated rings. The summed E-state index contributed by atoms with van der Waals surface area (Å²) in [6.07, 6.45) is 7.56. The van der Waals surface area contributed by atoms with Crippen LogP contribution in [0, 0.1) is 5.41 Å². The van der Waals surface area contributed by atoms with E-state index in [4.69, 9.17) is 0 Å². The third-order valence-corrected chi connectivity index (χ3v) is 6.16. The summed E-state index contributed by atoms with van der Waals surface area (Å²) in [6.45, 7) is 5.05. The number of amides is 1. The van der Waals surface area contributed by atoms with Gasteiger partial charge in [-0.2, -0.15) is 0 Å². The van der Waals surface area contributed by atoms with Crippen molar-refractivity contribution in [1.82, 2.24) is 4.90 Å². The molecule has 3 rings (SSSR count). The van der Waals surface area contributed by atoms with E-state index in [2.05, 4.69) is 23.2 Å². The fourth-order valence-corrected chi connectivity index (χ4v) is 4.52. The van der Waals surface area contributed by atoms with Crippen LogP contribution in [0.4, 0.5) is 5.69 Å². The van der Waals surface area contributed by atoms with E-state index in [-0.39, 0.29) is 12.3 Å². The number of hydrogen-bond acceptors (Lipinski definition) is 3. The van der Waals surface area contributed by atoms with Gasteiger partial charge in [0.1, 0.15) is 0 Å². The zero-order valence-electron chi connectivity index (χ0n) is 16.4. The van der Waals surface area contributed by atoms with Gasteiger partial charge in [-0.3, -0.25) is 14.5 Å². The van der Waals surface area contributed by atoms with Crippen LogP contribution < -0.4 is 5.32 Å². The second kappa shape index (κ2) is 8.87. The lowest BCUT2D eigenvalue weighted by Gasteiger charge is -2.27. The maximum Gasteiger partial charge on any atom is 0.310 e. The van der Waals surface area contributed by atoms with Crippen LogP contribution in [-0.4, -0.2) is 28.4 Å². The number of benzene rings is 1. The highest BCUT2D eigenvalue weighted by molar-refractivity contribution is 5.95. The molecular formula is C22H32N2O3. The molecule has 1 aliphatic heterocycles. The summed E-state index contributed by atoms with van der Waals surface area (Å²) < 4.78 is 0. The molecule has 148 valence electrons. The minimum absolute atomic E-state index is 0.0750. The molecule has 1 amide bonds. The number of nitrogens with one attached hydrogen (secondary N) is 1. The average molecular weight is 373 g/mol. The van der Waals surface area contributed by atoms with Crippen LogP contribution in [-0.2, 0) is 22.7 Å². The Hall–Kier alpha value is -1.88. The minimum Gasteiger partial charge on any atom is -0.481 e. The fraction of sp³-hybridized carbons (Fsp3) is 0.636. The molecule has 5 heteroatoms. The zero-order valence-corrected chi connectivity index (χ0v) is 16.4. The van der Waals surface area contributed by atoms with Crippen LogP contribution in [0.5, 0.6) is 0 Å². The molecule has 2 N–H and O–H groups in total. The molecule has 5 nitrogen and oxygen atoms in total. The molecule has 1 aliphatic carbocycles. The molecule has 27 heavy (non-hydrogen) atoms. The molecule has 2 aliphatic rings. The molecule has 0 saturated heterocycles. The Morgan fingerprint density at radius 3 is 2.56 bits per heavy atom. The number of carbonyl (C=O) groups excluding carboxylic acids is 1. The van der Waals surface area contributed by atoms with Crippen molar-refractivity contribution in [2.75, 3.05) is 11.9 Å². The van der Waals surface area contributed by atoms with Crippen LogP contribution in [0.15, 0.2) is 18.2 Å². The first-order valence-corrected chi connectivity index (χ1v) is 10.4. The maximum atomic E-state index is 12.8. The first-order valence-electron chi connectivity index (χ1n) is 10.4. The summed E-state index contributed by atoms with van der Waals surface area (Å²) >= 11 is 0. The molecule has 0 radical (unpaired) electrons. The number of unbranched alkanes of at least 4 members (excludes halogenated alkanes) is 1. The van der Waals surface area contributed by atoms with Crippen molar-refractivity contribution in [1.29, 1.82) is 0 Å². The van der Waals surface area contributed by atoms with Gasteiger partial charge in [0.15, 0.2) is 0 Å². The van der Waals surface area contributed by atoms with Crippen molar-refractivity contribution >= 4 is 17.6 Å². The summed E-state index contributed by atoms with van der Waals surface area (Å²) in [4.78, 5) is 27.1. The number of carboxylic acid groups (broad SMARTS) is 1. The van der Waals surface area contributed by atoms with E-state index in [9.17, 15) is 14.7 Å². The summed E-state index contributed by atoms with van der Waals surface area (Å²) in [6, 6.07) is 6.05. The highest BCUT2D eigenvalue weighted by Crippen LogP contribution is 2.39. The molecule has 1 heterocycles. The summed E-state index contributed by atoms with van der Waals surface area (Å²) in [7, 11) is 0. The van der Waals surface area contributed by atoms with Crippen LogP contribution in [0.1, 0.15) is 75.8 Å². The van der Waals surface area contributed by atoms with Crippen molar-refractivity contribution in [2.45, 2.75) is 77.8 Å². The minimum atomic E-state index is -0.897. The Balaban J connectivity index is 1.68. The summed E-state index contributed by atoms with van der Waals surface area (Å²) in [5, 5.41) is 12.9. The Labute approximate surface area is 162 Å². The van der Waals surface area contributed by atoms with E-state index in [0.717, 1.165) is 51.0 Å². The smallest absolute Gasteiger partial charge is 0.310 e. The van der Waals surface area contributed by atoms with Gasteiger partial charge in [0.05, 0.1) is 5.41 Å². The maximum absolute atomic E-state index is 12.8. The third kappa shape index (κ3) is 4.70. The number of anilines is 1. The first kappa shape index (κ1) is 19.9. The highest BCUT2D eigenvalue weighted by atomic mass is 16.4. The van der Waals surface area contributed by atoms with Gasteiger partial charge in [-0.25, -0.2) is 0 Å². The van der Waals surface area contributed by atoms with Gasteiger partial charge >= 0.3 is 5.97 Å². The number of fused-ring (bicyclic) bond motifs is 1. The standard InChI is InChI=1S/C22H32N2O3/c1-2-3-13-24-15-17-9-8-10-19(18(17)16-24)23-20(25)14-22(21(26)27)11-6-4-5-7-12-22/h8-10H,2-7,11-16H2,1H3,(H,23,25)(H,26,27). The molecule has 0 spiro atoms. The number of carboxylic acids is 1. The first-order chi connectivity index (χ1) is 13.0. The van der Waals surface area contributed by atoms with Crippen molar-refractivity contribution in [2.24, 2.45) is 5.41 Å². The summed E-state index contributed by atoms with van der Waals surface area (Å²) in [5.74, 6) is -0.983. The predicted molar refractivity (Wildman–Crippen MR) is 106 cm³/mol. The van der Waals surface area contributed by atoms with Gasteiger partial charge in [-0.15, -0.1) is 0 Å². The third-order valence-electron chi connectivity index (χ3n) is 6.16. The van der Waals surface area contributed by atoms with E-state index in [1.807, 2.05) is 12.1 Å². The van der Waals surface area contributed by atoms with E-state index < -0.39 is 11.4 Å². The lowest BCUT2D eigenvalue weighted by molar-refractivity contribution is -0.152. The quantitative estimate of drug-likeness (QED) is 0.689. The highest BCUT2D eigenvalue weighted by Gasteiger charge is 2.40. The van der Waals surface area contributed by atoms with Crippen LogP contribution in [0.3, 0.4) is 0 Å².